The Kier molecular flexibility index (Phi) is 2.99. The van der Waals surface area contributed by atoms with Crippen LogP contribution in [0.3, 0.4) is 0 Å². The predicted octanol–water partition coefficient (Wildman–Crippen LogP) is 3.48. The summed E-state index contributed by atoms with van der Waals surface area (Å²) < 4.78 is 5.15. The van der Waals surface area contributed by atoms with Crippen molar-refractivity contribution in [1.29, 1.82) is 0 Å². The molecule has 0 saturated carbocycles. The molecule has 0 aliphatic carbocycles. The summed E-state index contributed by atoms with van der Waals surface area (Å²) in [5.41, 5.74) is 2.01. The Hall–Kier alpha value is -2.03. The van der Waals surface area contributed by atoms with E-state index in [2.05, 4.69) is 11.9 Å². The summed E-state index contributed by atoms with van der Waals surface area (Å²) in [5, 5.41) is 4.31. The van der Waals surface area contributed by atoms with Crippen molar-refractivity contribution in [2.75, 3.05) is 5.32 Å². The first-order valence-electron chi connectivity index (χ1n) is 5.87. The first kappa shape index (κ1) is 12.4. The SMILES string of the molecule is C=CC(C)(C)Nc1ccc2oc(=O)cc(C)c2c1. The zero-order chi connectivity index (χ0) is 13.3. The summed E-state index contributed by atoms with van der Waals surface area (Å²) in [7, 11) is 0. The summed E-state index contributed by atoms with van der Waals surface area (Å²) in [6.45, 7) is 9.79. The van der Waals surface area contributed by atoms with Gasteiger partial charge in [0.25, 0.3) is 0 Å². The fraction of sp³-hybridized carbons (Fsp3) is 0.267. The summed E-state index contributed by atoms with van der Waals surface area (Å²) in [4.78, 5) is 11.3. The minimum atomic E-state index is -0.313. The molecule has 2 rings (SSSR count). The van der Waals surface area contributed by atoms with Gasteiger partial charge in [-0.1, -0.05) is 6.08 Å². The van der Waals surface area contributed by atoms with E-state index >= 15 is 0 Å². The minimum absolute atomic E-state index is 0.183. The van der Waals surface area contributed by atoms with Crippen molar-refractivity contribution in [1.82, 2.24) is 0 Å². The second-order valence-corrected chi connectivity index (χ2v) is 5.01. The van der Waals surface area contributed by atoms with Gasteiger partial charge in [0.15, 0.2) is 0 Å². The molecule has 0 amide bonds. The number of aryl methyl sites for hydroxylation is 1. The van der Waals surface area contributed by atoms with Crippen molar-refractivity contribution in [3.05, 3.63) is 52.9 Å². The van der Waals surface area contributed by atoms with E-state index in [-0.39, 0.29) is 11.2 Å². The second kappa shape index (κ2) is 4.33. The van der Waals surface area contributed by atoms with E-state index in [0.717, 1.165) is 16.6 Å². The molecule has 3 nitrogen and oxygen atoms in total. The van der Waals surface area contributed by atoms with Gasteiger partial charge in [0.05, 0.1) is 0 Å². The number of fused-ring (bicyclic) bond motifs is 1. The fourth-order valence-corrected chi connectivity index (χ4v) is 1.82. The Bertz CT molecular complexity index is 653. The van der Waals surface area contributed by atoms with Gasteiger partial charge in [-0.2, -0.15) is 0 Å². The van der Waals surface area contributed by atoms with Crippen LogP contribution < -0.4 is 10.9 Å². The lowest BCUT2D eigenvalue weighted by Crippen LogP contribution is -2.27. The van der Waals surface area contributed by atoms with Crippen LogP contribution in [-0.4, -0.2) is 5.54 Å². The Morgan fingerprint density at radius 3 is 2.72 bits per heavy atom. The Labute approximate surface area is 106 Å². The van der Waals surface area contributed by atoms with Crippen molar-refractivity contribution in [3.8, 4) is 0 Å². The molecule has 94 valence electrons. The number of nitrogens with one attached hydrogen (secondary N) is 1. The maximum absolute atomic E-state index is 11.3. The van der Waals surface area contributed by atoms with Crippen LogP contribution in [0.5, 0.6) is 0 Å². The van der Waals surface area contributed by atoms with Gasteiger partial charge in [-0.25, -0.2) is 4.79 Å². The van der Waals surface area contributed by atoms with E-state index in [1.165, 1.54) is 6.07 Å². The molecule has 0 aliphatic rings. The maximum atomic E-state index is 11.3. The number of rotatable bonds is 3. The summed E-state index contributed by atoms with van der Waals surface area (Å²) >= 11 is 0. The Balaban J connectivity index is 2.51. The van der Waals surface area contributed by atoms with Gasteiger partial charge in [-0.05, 0) is 44.5 Å². The van der Waals surface area contributed by atoms with Crippen LogP contribution in [0.25, 0.3) is 11.0 Å². The van der Waals surface area contributed by atoms with Crippen molar-refractivity contribution in [3.63, 3.8) is 0 Å². The average Bonchev–Trinajstić information content (AvgIpc) is 2.29. The molecule has 1 aromatic heterocycles. The smallest absolute Gasteiger partial charge is 0.336 e. The van der Waals surface area contributed by atoms with Crippen LogP contribution in [0, 0.1) is 6.92 Å². The third kappa shape index (κ3) is 2.45. The molecular formula is C15H17NO2. The van der Waals surface area contributed by atoms with Gasteiger partial charge in [-0.3, -0.25) is 0 Å². The normalized spacial score (nSPS) is 11.5. The molecule has 0 saturated heterocycles. The van der Waals surface area contributed by atoms with E-state index in [1.807, 2.05) is 45.0 Å². The highest BCUT2D eigenvalue weighted by Crippen LogP contribution is 2.23. The highest BCUT2D eigenvalue weighted by Gasteiger charge is 2.12. The van der Waals surface area contributed by atoms with Gasteiger partial charge in [0, 0.05) is 22.7 Å². The highest BCUT2D eigenvalue weighted by molar-refractivity contribution is 5.83. The zero-order valence-corrected chi connectivity index (χ0v) is 10.9. The Morgan fingerprint density at radius 2 is 2.06 bits per heavy atom. The quantitative estimate of drug-likeness (QED) is 0.663. The van der Waals surface area contributed by atoms with Crippen LogP contribution in [0.4, 0.5) is 5.69 Å². The van der Waals surface area contributed by atoms with Crippen LogP contribution >= 0.6 is 0 Å². The molecule has 0 radical (unpaired) electrons. The largest absolute Gasteiger partial charge is 0.423 e. The molecule has 1 heterocycles. The molecule has 0 spiro atoms. The van der Waals surface area contributed by atoms with E-state index in [9.17, 15) is 4.79 Å². The molecule has 0 atom stereocenters. The fourth-order valence-electron chi connectivity index (χ4n) is 1.82. The van der Waals surface area contributed by atoms with E-state index < -0.39 is 0 Å². The lowest BCUT2D eigenvalue weighted by atomic mass is 10.0. The first-order valence-corrected chi connectivity index (χ1v) is 5.87. The predicted molar refractivity (Wildman–Crippen MR) is 75.1 cm³/mol. The molecule has 2 aromatic rings. The third-order valence-electron chi connectivity index (χ3n) is 2.93. The van der Waals surface area contributed by atoms with Gasteiger partial charge in [-0.15, -0.1) is 6.58 Å². The van der Waals surface area contributed by atoms with E-state index in [0.29, 0.717) is 5.58 Å². The van der Waals surface area contributed by atoms with Crippen LogP contribution in [0.1, 0.15) is 19.4 Å². The number of hydrogen-bond acceptors (Lipinski definition) is 3. The van der Waals surface area contributed by atoms with Crippen molar-refractivity contribution in [2.24, 2.45) is 0 Å². The lowest BCUT2D eigenvalue weighted by molar-refractivity contribution is 0.560. The molecule has 1 N–H and O–H groups in total. The van der Waals surface area contributed by atoms with Crippen LogP contribution in [0.15, 0.2) is 46.1 Å². The molecule has 1 aromatic carbocycles. The third-order valence-corrected chi connectivity index (χ3v) is 2.93. The number of benzene rings is 1. The van der Waals surface area contributed by atoms with Gasteiger partial charge in [0.1, 0.15) is 5.58 Å². The molecular weight excluding hydrogens is 226 g/mol. The van der Waals surface area contributed by atoms with Gasteiger partial charge < -0.3 is 9.73 Å². The standard InChI is InChI=1S/C15H17NO2/c1-5-15(3,4)16-11-6-7-13-12(9-11)10(2)8-14(17)18-13/h5-9,16H,1H2,2-4H3. The number of hydrogen-bond donors (Lipinski definition) is 1. The first-order chi connectivity index (χ1) is 8.41. The molecule has 0 unspecified atom stereocenters. The summed E-state index contributed by atoms with van der Waals surface area (Å²) in [6, 6.07) is 7.20. The van der Waals surface area contributed by atoms with Crippen LogP contribution in [0.2, 0.25) is 0 Å². The van der Waals surface area contributed by atoms with Crippen molar-refractivity contribution < 1.29 is 4.42 Å². The average molecular weight is 243 g/mol. The molecule has 0 aliphatic heterocycles. The lowest BCUT2D eigenvalue weighted by Gasteiger charge is -2.23. The van der Waals surface area contributed by atoms with Crippen LogP contribution in [-0.2, 0) is 0 Å². The Morgan fingerprint density at radius 1 is 1.33 bits per heavy atom. The zero-order valence-electron chi connectivity index (χ0n) is 10.9. The van der Waals surface area contributed by atoms with E-state index in [4.69, 9.17) is 4.42 Å². The highest BCUT2D eigenvalue weighted by atomic mass is 16.4. The second-order valence-electron chi connectivity index (χ2n) is 5.01. The topological polar surface area (TPSA) is 42.2 Å². The molecule has 0 fully saturated rings. The number of anilines is 1. The van der Waals surface area contributed by atoms with Crippen molar-refractivity contribution in [2.45, 2.75) is 26.3 Å². The minimum Gasteiger partial charge on any atom is -0.423 e. The van der Waals surface area contributed by atoms with Gasteiger partial charge in [0.2, 0.25) is 0 Å². The summed E-state index contributed by atoms with van der Waals surface area (Å²) in [6.07, 6.45) is 1.86. The van der Waals surface area contributed by atoms with E-state index in [1.54, 1.807) is 0 Å². The monoisotopic (exact) mass is 243 g/mol. The molecule has 3 heteroatoms. The summed E-state index contributed by atoms with van der Waals surface area (Å²) in [5.74, 6) is 0. The maximum Gasteiger partial charge on any atom is 0.336 e. The van der Waals surface area contributed by atoms with Gasteiger partial charge >= 0.3 is 5.63 Å². The molecule has 0 bridgehead atoms. The van der Waals surface area contributed by atoms with Crippen molar-refractivity contribution >= 4 is 16.7 Å². The molecule has 18 heavy (non-hydrogen) atoms.